The number of carboxylic acid groups (broad SMARTS) is 1. The number of carbonyl (C=O) groups is 1. The summed E-state index contributed by atoms with van der Waals surface area (Å²) in [7, 11) is 5.32. The van der Waals surface area contributed by atoms with Crippen molar-refractivity contribution in [3.05, 3.63) is 30.0 Å². The van der Waals surface area contributed by atoms with Crippen LogP contribution in [-0.2, 0) is 14.1 Å². The van der Waals surface area contributed by atoms with Gasteiger partial charge in [0.15, 0.2) is 0 Å². The topological polar surface area (TPSA) is 56.4 Å². The number of benzene rings is 1. The Morgan fingerprint density at radius 1 is 1.16 bits per heavy atom. The predicted molar refractivity (Wildman–Crippen MR) is 72.9 cm³/mol. The molecule has 3 aromatic rings. The third kappa shape index (κ3) is 1.44. The zero-order valence-electron chi connectivity index (χ0n) is 11.0. The zero-order chi connectivity index (χ0) is 13.7. The fourth-order valence-electron chi connectivity index (χ4n) is 2.67. The van der Waals surface area contributed by atoms with E-state index in [2.05, 4.69) is 0 Å². The SMILES string of the molecule is COc1ccc2c(c1)c1cc(C(=O)O)n(C)c1n2C. The van der Waals surface area contributed by atoms with Gasteiger partial charge in [-0.1, -0.05) is 0 Å². The van der Waals surface area contributed by atoms with Crippen LogP contribution in [0.25, 0.3) is 21.9 Å². The number of hydrogen-bond acceptors (Lipinski definition) is 2. The van der Waals surface area contributed by atoms with E-state index in [0.717, 1.165) is 27.7 Å². The van der Waals surface area contributed by atoms with Crippen molar-refractivity contribution in [2.24, 2.45) is 14.1 Å². The van der Waals surface area contributed by atoms with Crippen molar-refractivity contribution < 1.29 is 14.6 Å². The predicted octanol–water partition coefficient (Wildman–Crippen LogP) is 2.38. The van der Waals surface area contributed by atoms with Crippen LogP contribution in [0.1, 0.15) is 10.5 Å². The molecule has 0 aliphatic heterocycles. The molecular weight excluding hydrogens is 244 g/mol. The molecule has 0 fully saturated rings. The average Bonchev–Trinajstić information content (AvgIpc) is 2.87. The maximum Gasteiger partial charge on any atom is 0.352 e. The van der Waals surface area contributed by atoms with Gasteiger partial charge in [0.05, 0.1) is 12.6 Å². The number of carboxylic acids is 1. The summed E-state index contributed by atoms with van der Waals surface area (Å²) in [6.45, 7) is 0. The molecular formula is C14H14N2O3. The monoisotopic (exact) mass is 258 g/mol. The second-order valence-corrected chi connectivity index (χ2v) is 4.57. The highest BCUT2D eigenvalue weighted by molar-refractivity contribution is 6.10. The first kappa shape index (κ1) is 11.6. The molecule has 1 N–H and O–H groups in total. The van der Waals surface area contributed by atoms with Crippen LogP contribution in [0.3, 0.4) is 0 Å². The van der Waals surface area contributed by atoms with E-state index in [1.807, 2.05) is 29.8 Å². The van der Waals surface area contributed by atoms with Crippen molar-refractivity contribution in [3.8, 4) is 5.75 Å². The van der Waals surface area contributed by atoms with Crippen molar-refractivity contribution in [2.75, 3.05) is 7.11 Å². The molecule has 0 bridgehead atoms. The number of methoxy groups -OCH3 is 1. The fourth-order valence-corrected chi connectivity index (χ4v) is 2.67. The van der Waals surface area contributed by atoms with Crippen molar-refractivity contribution in [1.82, 2.24) is 9.13 Å². The summed E-state index contributed by atoms with van der Waals surface area (Å²) in [5.41, 5.74) is 2.23. The van der Waals surface area contributed by atoms with E-state index >= 15 is 0 Å². The summed E-state index contributed by atoms with van der Waals surface area (Å²) in [6, 6.07) is 7.52. The van der Waals surface area contributed by atoms with Crippen LogP contribution < -0.4 is 4.74 Å². The van der Waals surface area contributed by atoms with E-state index in [1.54, 1.807) is 24.8 Å². The van der Waals surface area contributed by atoms with Gasteiger partial charge in [0.2, 0.25) is 0 Å². The van der Waals surface area contributed by atoms with Gasteiger partial charge in [-0.25, -0.2) is 4.79 Å². The first-order valence-corrected chi connectivity index (χ1v) is 5.89. The minimum atomic E-state index is -0.922. The van der Waals surface area contributed by atoms with Gasteiger partial charge < -0.3 is 19.0 Å². The van der Waals surface area contributed by atoms with Crippen LogP contribution in [0.2, 0.25) is 0 Å². The van der Waals surface area contributed by atoms with Gasteiger partial charge in [-0.15, -0.1) is 0 Å². The molecule has 0 atom stereocenters. The molecule has 5 nitrogen and oxygen atoms in total. The van der Waals surface area contributed by atoms with Gasteiger partial charge >= 0.3 is 5.97 Å². The number of aromatic carboxylic acids is 1. The summed E-state index contributed by atoms with van der Waals surface area (Å²) in [4.78, 5) is 11.2. The number of fused-ring (bicyclic) bond motifs is 3. The molecule has 1 aromatic carbocycles. The number of aryl methyl sites for hydroxylation is 2. The Balaban J connectivity index is 2.48. The molecule has 5 heteroatoms. The maximum atomic E-state index is 11.2. The highest BCUT2D eigenvalue weighted by Crippen LogP contribution is 2.32. The molecule has 2 aromatic heterocycles. The molecule has 0 saturated heterocycles. The quantitative estimate of drug-likeness (QED) is 0.767. The Kier molecular flexibility index (Phi) is 2.32. The summed E-state index contributed by atoms with van der Waals surface area (Å²) in [6.07, 6.45) is 0. The fraction of sp³-hybridized carbons (Fsp3) is 0.214. The molecule has 3 rings (SSSR count). The van der Waals surface area contributed by atoms with Gasteiger partial charge in [0.1, 0.15) is 17.1 Å². The van der Waals surface area contributed by atoms with Crippen molar-refractivity contribution in [3.63, 3.8) is 0 Å². The van der Waals surface area contributed by atoms with Crippen LogP contribution in [0.4, 0.5) is 0 Å². The summed E-state index contributed by atoms with van der Waals surface area (Å²) in [5, 5.41) is 11.1. The highest BCUT2D eigenvalue weighted by atomic mass is 16.5. The number of hydrogen-bond donors (Lipinski definition) is 1. The van der Waals surface area contributed by atoms with E-state index in [-0.39, 0.29) is 5.69 Å². The Labute approximate surface area is 109 Å². The first-order chi connectivity index (χ1) is 9.04. The minimum absolute atomic E-state index is 0.283. The number of aromatic nitrogens is 2. The number of rotatable bonds is 2. The number of ether oxygens (including phenoxy) is 1. The van der Waals surface area contributed by atoms with Gasteiger partial charge in [-0.05, 0) is 24.3 Å². The van der Waals surface area contributed by atoms with E-state index in [0.29, 0.717) is 0 Å². The van der Waals surface area contributed by atoms with Crippen molar-refractivity contribution in [1.29, 1.82) is 0 Å². The van der Waals surface area contributed by atoms with Crippen LogP contribution in [0.5, 0.6) is 5.75 Å². The third-order valence-corrected chi connectivity index (χ3v) is 3.59. The second kappa shape index (κ2) is 3.78. The van der Waals surface area contributed by atoms with E-state index in [4.69, 9.17) is 4.74 Å². The molecule has 0 saturated carbocycles. The van der Waals surface area contributed by atoms with E-state index < -0.39 is 5.97 Å². The maximum absolute atomic E-state index is 11.2. The normalized spacial score (nSPS) is 11.3. The molecule has 0 unspecified atom stereocenters. The summed E-state index contributed by atoms with van der Waals surface area (Å²) < 4.78 is 8.93. The highest BCUT2D eigenvalue weighted by Gasteiger charge is 2.18. The van der Waals surface area contributed by atoms with E-state index in [9.17, 15) is 9.90 Å². The zero-order valence-corrected chi connectivity index (χ0v) is 11.0. The molecule has 0 aliphatic carbocycles. The Morgan fingerprint density at radius 2 is 1.89 bits per heavy atom. The molecule has 0 aliphatic rings. The van der Waals surface area contributed by atoms with Gasteiger partial charge in [-0.2, -0.15) is 0 Å². The molecule has 0 radical (unpaired) electrons. The minimum Gasteiger partial charge on any atom is -0.497 e. The van der Waals surface area contributed by atoms with Crippen LogP contribution in [-0.4, -0.2) is 27.3 Å². The van der Waals surface area contributed by atoms with Crippen molar-refractivity contribution >= 4 is 27.9 Å². The Hall–Kier alpha value is -2.43. The smallest absolute Gasteiger partial charge is 0.352 e. The van der Waals surface area contributed by atoms with Crippen LogP contribution in [0.15, 0.2) is 24.3 Å². The third-order valence-electron chi connectivity index (χ3n) is 3.59. The lowest BCUT2D eigenvalue weighted by molar-refractivity contribution is 0.0687. The largest absolute Gasteiger partial charge is 0.497 e. The van der Waals surface area contributed by atoms with Gasteiger partial charge in [-0.3, -0.25) is 0 Å². The van der Waals surface area contributed by atoms with Crippen molar-refractivity contribution in [2.45, 2.75) is 0 Å². The summed E-state index contributed by atoms with van der Waals surface area (Å²) in [5.74, 6) is -0.157. The lowest BCUT2D eigenvalue weighted by Crippen LogP contribution is -2.05. The molecule has 19 heavy (non-hydrogen) atoms. The van der Waals surface area contributed by atoms with Gasteiger partial charge in [0.25, 0.3) is 0 Å². The molecule has 98 valence electrons. The lowest BCUT2D eigenvalue weighted by Gasteiger charge is -2.03. The average molecular weight is 258 g/mol. The summed E-state index contributed by atoms with van der Waals surface area (Å²) >= 11 is 0. The van der Waals surface area contributed by atoms with Crippen LogP contribution >= 0.6 is 0 Å². The Morgan fingerprint density at radius 3 is 2.53 bits per heavy atom. The standard InChI is InChI=1S/C14H14N2O3/c1-15-11-5-4-8(19-3)6-9(11)10-7-12(14(17)18)16(2)13(10)15/h4-7H,1-3H3,(H,17,18). The molecule has 0 amide bonds. The van der Waals surface area contributed by atoms with E-state index in [1.165, 1.54) is 0 Å². The van der Waals surface area contributed by atoms with Gasteiger partial charge in [0, 0.05) is 24.9 Å². The van der Waals surface area contributed by atoms with Crippen LogP contribution in [0, 0.1) is 0 Å². The molecule has 0 spiro atoms. The first-order valence-electron chi connectivity index (χ1n) is 5.89. The second-order valence-electron chi connectivity index (χ2n) is 4.57. The lowest BCUT2D eigenvalue weighted by atomic mass is 10.2. The Bertz CT molecular complexity index is 811. The molecule has 2 heterocycles. The number of nitrogens with zero attached hydrogens (tertiary/aromatic N) is 2.